The molecule has 28 heavy (non-hydrogen) atoms. The van der Waals surface area contributed by atoms with Gasteiger partial charge in [-0.2, -0.15) is 0 Å². The first-order valence-electron chi connectivity index (χ1n) is 9.48. The number of aryl methyl sites for hydroxylation is 2. The number of carbonyl (C=O) groups excluding carboxylic acids is 1. The van der Waals surface area contributed by atoms with Gasteiger partial charge < -0.3 is 9.72 Å². The highest BCUT2D eigenvalue weighted by atomic mass is 32.2. The summed E-state index contributed by atoms with van der Waals surface area (Å²) in [4.78, 5) is 27.7. The fourth-order valence-corrected chi connectivity index (χ4v) is 4.38. The zero-order valence-electron chi connectivity index (χ0n) is 16.2. The summed E-state index contributed by atoms with van der Waals surface area (Å²) in [5, 5.41) is 1.86. The van der Waals surface area contributed by atoms with Gasteiger partial charge in [0.25, 0.3) is 0 Å². The summed E-state index contributed by atoms with van der Waals surface area (Å²) in [5.41, 5.74) is 3.61. The standard InChI is InChI=1S/C21H24N4O2S/c1-14-11-17(15(2)22-14)19(26)13-28-21-16-5-3-4-6-18(16)23-20(24-21)12-25-7-9-27-10-8-25/h3-6,11,22H,7-10,12-13H2,1-2H3. The normalized spacial score (nSPS) is 15.2. The van der Waals surface area contributed by atoms with Crippen LogP contribution in [0.25, 0.3) is 10.9 Å². The van der Waals surface area contributed by atoms with Gasteiger partial charge in [-0.3, -0.25) is 9.69 Å². The number of H-pyrrole nitrogens is 1. The fourth-order valence-electron chi connectivity index (χ4n) is 3.46. The van der Waals surface area contributed by atoms with Crippen LogP contribution >= 0.6 is 11.8 Å². The number of ketones is 1. The van der Waals surface area contributed by atoms with Crippen molar-refractivity contribution in [1.29, 1.82) is 0 Å². The lowest BCUT2D eigenvalue weighted by atomic mass is 10.2. The Bertz CT molecular complexity index is 995. The van der Waals surface area contributed by atoms with Crippen LogP contribution in [0.3, 0.4) is 0 Å². The highest BCUT2D eigenvalue weighted by molar-refractivity contribution is 8.00. The molecule has 3 heterocycles. The number of fused-ring (bicyclic) bond motifs is 1. The molecule has 6 nitrogen and oxygen atoms in total. The number of nitrogens with zero attached hydrogens (tertiary/aromatic N) is 3. The van der Waals surface area contributed by atoms with Crippen LogP contribution in [0.5, 0.6) is 0 Å². The number of hydrogen-bond acceptors (Lipinski definition) is 6. The number of carbonyl (C=O) groups is 1. The molecule has 0 saturated carbocycles. The predicted molar refractivity (Wildman–Crippen MR) is 111 cm³/mol. The van der Waals surface area contributed by atoms with Crippen molar-refractivity contribution >= 4 is 28.4 Å². The van der Waals surface area contributed by atoms with Gasteiger partial charge in [-0.25, -0.2) is 9.97 Å². The van der Waals surface area contributed by atoms with Crippen LogP contribution in [-0.4, -0.2) is 57.7 Å². The first-order chi connectivity index (χ1) is 13.6. The highest BCUT2D eigenvalue weighted by Crippen LogP contribution is 2.27. The minimum atomic E-state index is 0.115. The van der Waals surface area contributed by atoms with Gasteiger partial charge in [-0.05, 0) is 26.0 Å². The average Bonchev–Trinajstić information content (AvgIpc) is 3.05. The van der Waals surface area contributed by atoms with Crippen LogP contribution in [-0.2, 0) is 11.3 Å². The van der Waals surface area contributed by atoms with Crippen LogP contribution in [0, 0.1) is 13.8 Å². The number of hydrogen-bond donors (Lipinski definition) is 1. The molecule has 0 atom stereocenters. The predicted octanol–water partition coefficient (Wildman–Crippen LogP) is 3.38. The summed E-state index contributed by atoms with van der Waals surface area (Å²) in [7, 11) is 0. The molecule has 4 rings (SSSR count). The van der Waals surface area contributed by atoms with E-state index in [1.54, 1.807) is 0 Å². The van der Waals surface area contributed by atoms with E-state index in [-0.39, 0.29) is 5.78 Å². The molecule has 2 aromatic heterocycles. The second kappa shape index (κ2) is 8.43. The topological polar surface area (TPSA) is 71.1 Å². The molecule has 3 aromatic rings. The summed E-state index contributed by atoms with van der Waals surface area (Å²) < 4.78 is 5.42. The number of morpholine rings is 1. The van der Waals surface area contributed by atoms with E-state index in [2.05, 4.69) is 9.88 Å². The van der Waals surface area contributed by atoms with Crippen molar-refractivity contribution in [3.63, 3.8) is 0 Å². The molecule has 0 amide bonds. The first kappa shape index (κ1) is 19.1. The molecule has 0 bridgehead atoms. The average molecular weight is 397 g/mol. The van der Waals surface area contributed by atoms with Gasteiger partial charge in [-0.1, -0.05) is 30.0 Å². The Morgan fingerprint density at radius 3 is 2.75 bits per heavy atom. The highest BCUT2D eigenvalue weighted by Gasteiger charge is 2.17. The second-order valence-electron chi connectivity index (χ2n) is 7.05. The Balaban J connectivity index is 1.56. The second-order valence-corrected chi connectivity index (χ2v) is 8.02. The molecule has 0 spiro atoms. The molecule has 1 aliphatic rings. The molecule has 146 valence electrons. The van der Waals surface area contributed by atoms with Crippen molar-refractivity contribution in [2.45, 2.75) is 25.4 Å². The van der Waals surface area contributed by atoms with Crippen LogP contribution in [0.1, 0.15) is 27.6 Å². The Morgan fingerprint density at radius 2 is 2.00 bits per heavy atom. The lowest BCUT2D eigenvalue weighted by molar-refractivity contribution is 0.0330. The van der Waals surface area contributed by atoms with Gasteiger partial charge in [0.15, 0.2) is 5.78 Å². The Kier molecular flexibility index (Phi) is 5.75. The van der Waals surface area contributed by atoms with Crippen molar-refractivity contribution in [3.05, 3.63) is 53.1 Å². The number of ether oxygens (including phenoxy) is 1. The zero-order valence-corrected chi connectivity index (χ0v) is 17.0. The summed E-state index contributed by atoms with van der Waals surface area (Å²) in [6, 6.07) is 9.91. The minimum absolute atomic E-state index is 0.115. The number of aromatic amines is 1. The van der Waals surface area contributed by atoms with Crippen LogP contribution in [0.2, 0.25) is 0 Å². The van der Waals surface area contributed by atoms with E-state index in [0.29, 0.717) is 12.3 Å². The lowest BCUT2D eigenvalue weighted by Crippen LogP contribution is -2.36. The van der Waals surface area contributed by atoms with E-state index >= 15 is 0 Å². The van der Waals surface area contributed by atoms with E-state index < -0.39 is 0 Å². The number of Topliss-reactive ketones (excluding diaryl/α,β-unsaturated/α-hetero) is 1. The van der Waals surface area contributed by atoms with Crippen molar-refractivity contribution < 1.29 is 9.53 Å². The maximum Gasteiger partial charge on any atom is 0.174 e. The largest absolute Gasteiger partial charge is 0.379 e. The van der Waals surface area contributed by atoms with Gasteiger partial charge in [-0.15, -0.1) is 0 Å². The minimum Gasteiger partial charge on any atom is -0.379 e. The van der Waals surface area contributed by atoms with Crippen molar-refractivity contribution in [2.75, 3.05) is 32.1 Å². The van der Waals surface area contributed by atoms with Gasteiger partial charge >= 0.3 is 0 Å². The summed E-state index contributed by atoms with van der Waals surface area (Å²) in [6.45, 7) is 7.88. The number of aromatic nitrogens is 3. The quantitative estimate of drug-likeness (QED) is 0.391. The maximum atomic E-state index is 12.7. The van der Waals surface area contributed by atoms with Crippen molar-refractivity contribution in [1.82, 2.24) is 19.9 Å². The fraction of sp³-hybridized carbons (Fsp3) is 0.381. The molecule has 7 heteroatoms. The smallest absolute Gasteiger partial charge is 0.174 e. The van der Waals surface area contributed by atoms with Crippen molar-refractivity contribution in [2.24, 2.45) is 0 Å². The lowest BCUT2D eigenvalue weighted by Gasteiger charge is -2.25. The van der Waals surface area contributed by atoms with E-state index in [1.165, 1.54) is 11.8 Å². The Labute approximate surface area is 168 Å². The number of rotatable bonds is 6. The third-order valence-corrected chi connectivity index (χ3v) is 5.86. The third-order valence-electron chi connectivity index (χ3n) is 4.87. The van der Waals surface area contributed by atoms with Crippen LogP contribution < -0.4 is 0 Å². The van der Waals surface area contributed by atoms with Gasteiger partial charge in [0, 0.05) is 35.4 Å². The summed E-state index contributed by atoms with van der Waals surface area (Å²) in [6.07, 6.45) is 0. The van der Waals surface area contributed by atoms with Gasteiger partial charge in [0.05, 0.1) is 31.0 Å². The summed E-state index contributed by atoms with van der Waals surface area (Å²) in [5.74, 6) is 1.27. The Morgan fingerprint density at radius 1 is 1.21 bits per heavy atom. The SMILES string of the molecule is Cc1cc(C(=O)CSc2nc(CN3CCOCC3)nc3ccccc23)c(C)[nH]1. The molecular formula is C21H24N4O2S. The van der Waals surface area contributed by atoms with Crippen LogP contribution in [0.4, 0.5) is 0 Å². The molecule has 1 saturated heterocycles. The zero-order chi connectivity index (χ0) is 19.5. The Hall–Kier alpha value is -2.22. The first-order valence-corrected chi connectivity index (χ1v) is 10.5. The number of nitrogens with one attached hydrogen (secondary N) is 1. The van der Waals surface area contributed by atoms with E-state index in [0.717, 1.165) is 65.0 Å². The van der Waals surface area contributed by atoms with E-state index in [1.807, 2.05) is 44.2 Å². The molecule has 1 fully saturated rings. The number of benzene rings is 1. The van der Waals surface area contributed by atoms with Crippen molar-refractivity contribution in [3.8, 4) is 0 Å². The molecule has 0 unspecified atom stereocenters. The van der Waals surface area contributed by atoms with E-state index in [9.17, 15) is 4.79 Å². The summed E-state index contributed by atoms with van der Waals surface area (Å²) >= 11 is 1.49. The van der Waals surface area contributed by atoms with Gasteiger partial charge in [0.1, 0.15) is 10.9 Å². The number of thioether (sulfide) groups is 1. The molecule has 1 aromatic carbocycles. The molecule has 1 aliphatic heterocycles. The maximum absolute atomic E-state index is 12.7. The van der Waals surface area contributed by atoms with Crippen LogP contribution in [0.15, 0.2) is 35.4 Å². The molecule has 1 N–H and O–H groups in total. The molecule has 0 aliphatic carbocycles. The monoisotopic (exact) mass is 396 g/mol. The third kappa shape index (κ3) is 4.27. The van der Waals surface area contributed by atoms with E-state index in [4.69, 9.17) is 14.7 Å². The molecule has 0 radical (unpaired) electrons. The number of para-hydroxylation sites is 1. The molecular weight excluding hydrogens is 372 g/mol. The van der Waals surface area contributed by atoms with Gasteiger partial charge in [0.2, 0.25) is 0 Å².